The summed E-state index contributed by atoms with van der Waals surface area (Å²) in [5.74, 6) is 2.57. The van der Waals surface area contributed by atoms with Crippen LogP contribution >= 0.6 is 0 Å². The molecule has 5 heteroatoms. The predicted molar refractivity (Wildman–Crippen MR) is 130 cm³/mol. The maximum Gasteiger partial charge on any atom is 0.193 e. The van der Waals surface area contributed by atoms with E-state index < -0.39 is 0 Å². The molecule has 4 aromatic rings. The molecule has 0 aromatic heterocycles. The molecule has 0 bridgehead atoms. The van der Waals surface area contributed by atoms with E-state index in [4.69, 9.17) is 20.9 Å². The van der Waals surface area contributed by atoms with Gasteiger partial charge in [-0.25, -0.2) is 0 Å². The zero-order chi connectivity index (χ0) is 22.9. The Morgan fingerprint density at radius 1 is 0.500 bits per heavy atom. The summed E-state index contributed by atoms with van der Waals surface area (Å²) in [4.78, 5) is 12.8. The Balaban J connectivity index is 0.00000141. The molecule has 4 rings (SSSR count). The number of carbonyl (C=O) groups excluding carboxylic acids is 1. The van der Waals surface area contributed by atoms with Gasteiger partial charge in [0, 0.05) is 22.5 Å². The van der Waals surface area contributed by atoms with Crippen molar-refractivity contribution in [2.45, 2.75) is 13.8 Å². The van der Waals surface area contributed by atoms with Crippen LogP contribution in [-0.4, -0.2) is 5.78 Å². The maximum absolute atomic E-state index is 12.8. The second-order valence-electron chi connectivity index (χ2n) is 6.72. The predicted octanol–water partition coefficient (Wildman–Crippen LogP) is 6.69. The lowest BCUT2D eigenvalue weighted by Gasteiger charge is -2.08. The van der Waals surface area contributed by atoms with E-state index in [9.17, 15) is 4.79 Å². The fourth-order valence-corrected chi connectivity index (χ4v) is 2.86. The molecule has 0 fully saturated rings. The smallest absolute Gasteiger partial charge is 0.193 e. The van der Waals surface area contributed by atoms with Gasteiger partial charge in [-0.05, 0) is 97.1 Å². The van der Waals surface area contributed by atoms with E-state index in [2.05, 4.69) is 0 Å². The van der Waals surface area contributed by atoms with Crippen molar-refractivity contribution in [2.75, 3.05) is 11.5 Å². The van der Waals surface area contributed by atoms with E-state index in [0.717, 1.165) is 0 Å². The first-order chi connectivity index (χ1) is 15.6. The molecule has 0 saturated heterocycles. The summed E-state index contributed by atoms with van der Waals surface area (Å²) in [6.45, 7) is 4.00. The van der Waals surface area contributed by atoms with Crippen LogP contribution in [0.5, 0.6) is 23.0 Å². The molecular weight excluding hydrogens is 400 g/mol. The number of ether oxygens (including phenoxy) is 2. The fourth-order valence-electron chi connectivity index (χ4n) is 2.86. The highest BCUT2D eigenvalue weighted by Gasteiger charge is 2.10. The van der Waals surface area contributed by atoms with Crippen molar-refractivity contribution in [2.24, 2.45) is 0 Å². The van der Waals surface area contributed by atoms with Crippen molar-refractivity contribution in [1.82, 2.24) is 0 Å². The number of hydrogen-bond donors (Lipinski definition) is 2. The van der Waals surface area contributed by atoms with Gasteiger partial charge in [0.05, 0.1) is 0 Å². The van der Waals surface area contributed by atoms with E-state index >= 15 is 0 Å². The summed E-state index contributed by atoms with van der Waals surface area (Å²) in [6.07, 6.45) is 0. The van der Waals surface area contributed by atoms with Crippen LogP contribution in [0.25, 0.3) is 0 Å². The van der Waals surface area contributed by atoms with Crippen LogP contribution < -0.4 is 20.9 Å². The molecule has 4 N–H and O–H groups in total. The van der Waals surface area contributed by atoms with Crippen LogP contribution in [0.1, 0.15) is 29.8 Å². The van der Waals surface area contributed by atoms with Crippen molar-refractivity contribution in [3.05, 3.63) is 108 Å². The number of rotatable bonds is 6. The molecule has 0 spiro atoms. The Bertz CT molecular complexity index is 1040. The van der Waals surface area contributed by atoms with Gasteiger partial charge in [0.15, 0.2) is 5.78 Å². The average Bonchev–Trinajstić information content (AvgIpc) is 2.84. The number of ketones is 1. The molecule has 0 heterocycles. The topological polar surface area (TPSA) is 87.6 Å². The minimum absolute atomic E-state index is 0.0759. The molecular formula is C27H26N2O3. The largest absolute Gasteiger partial charge is 0.457 e. The molecule has 0 aliphatic rings. The van der Waals surface area contributed by atoms with Crippen LogP contribution in [0.4, 0.5) is 11.4 Å². The summed E-state index contributed by atoms with van der Waals surface area (Å²) in [7, 11) is 0. The molecule has 0 saturated carbocycles. The lowest BCUT2D eigenvalue weighted by molar-refractivity contribution is 0.103. The van der Waals surface area contributed by atoms with Crippen LogP contribution in [0, 0.1) is 0 Å². The number of nitrogens with two attached hydrogens (primary N) is 2. The SMILES string of the molecule is CC.Nc1ccc(Oc2ccc(C(=O)c3ccc(Oc4ccc(N)cc4)cc3)cc2)cc1. The zero-order valence-electron chi connectivity index (χ0n) is 18.1. The first-order valence-electron chi connectivity index (χ1n) is 10.4. The molecule has 0 radical (unpaired) electrons. The third-order valence-corrected chi connectivity index (χ3v) is 4.46. The second kappa shape index (κ2) is 10.7. The Morgan fingerprint density at radius 2 is 0.750 bits per heavy atom. The van der Waals surface area contributed by atoms with Gasteiger partial charge in [-0.1, -0.05) is 13.8 Å². The van der Waals surface area contributed by atoms with Crippen LogP contribution in [0.15, 0.2) is 97.1 Å². The monoisotopic (exact) mass is 426 g/mol. The van der Waals surface area contributed by atoms with Gasteiger partial charge in [-0.3, -0.25) is 4.79 Å². The lowest BCUT2D eigenvalue weighted by Crippen LogP contribution is -2.01. The Hall–Kier alpha value is -4.25. The summed E-state index contributed by atoms with van der Waals surface area (Å²) < 4.78 is 11.5. The molecule has 0 aliphatic carbocycles. The van der Waals surface area contributed by atoms with Gasteiger partial charge < -0.3 is 20.9 Å². The first-order valence-corrected chi connectivity index (χ1v) is 10.4. The number of anilines is 2. The molecule has 0 aliphatic heterocycles. The Kier molecular flexibility index (Phi) is 7.49. The first kappa shape index (κ1) is 22.4. The average molecular weight is 427 g/mol. The lowest BCUT2D eigenvalue weighted by atomic mass is 10.0. The van der Waals surface area contributed by atoms with Gasteiger partial charge in [0.25, 0.3) is 0 Å². The van der Waals surface area contributed by atoms with Gasteiger partial charge in [-0.2, -0.15) is 0 Å². The fraction of sp³-hybridized carbons (Fsp3) is 0.0741. The van der Waals surface area contributed by atoms with E-state index in [-0.39, 0.29) is 5.78 Å². The standard InChI is InChI=1S/C25H20N2O3.C2H6/c26-19-5-13-23(14-6-19)29-21-9-1-17(2-10-21)25(28)18-3-11-22(12-4-18)30-24-15-7-20(27)8-16-24;1-2/h1-16H,26-27H2;1-2H3. The van der Waals surface area contributed by atoms with Gasteiger partial charge in [-0.15, -0.1) is 0 Å². The Labute approximate surface area is 188 Å². The summed E-state index contributed by atoms with van der Waals surface area (Å²) in [5, 5.41) is 0. The van der Waals surface area contributed by atoms with Crippen molar-refractivity contribution in [1.29, 1.82) is 0 Å². The van der Waals surface area contributed by atoms with Crippen LogP contribution in [-0.2, 0) is 0 Å². The Morgan fingerprint density at radius 3 is 1.03 bits per heavy atom. The van der Waals surface area contributed by atoms with Gasteiger partial charge in [0.2, 0.25) is 0 Å². The molecule has 4 aromatic carbocycles. The summed E-state index contributed by atoms with van der Waals surface area (Å²) >= 11 is 0. The number of carbonyl (C=O) groups is 1. The minimum atomic E-state index is -0.0759. The normalized spacial score (nSPS) is 9.94. The highest BCUT2D eigenvalue weighted by molar-refractivity contribution is 6.09. The minimum Gasteiger partial charge on any atom is -0.457 e. The van der Waals surface area contributed by atoms with E-state index in [1.54, 1.807) is 97.1 Å². The van der Waals surface area contributed by atoms with Gasteiger partial charge in [0.1, 0.15) is 23.0 Å². The molecule has 162 valence electrons. The molecule has 5 nitrogen and oxygen atoms in total. The highest BCUT2D eigenvalue weighted by Crippen LogP contribution is 2.25. The van der Waals surface area contributed by atoms with Crippen molar-refractivity contribution in [3.8, 4) is 23.0 Å². The van der Waals surface area contributed by atoms with Crippen LogP contribution in [0.2, 0.25) is 0 Å². The molecule has 0 unspecified atom stereocenters. The van der Waals surface area contributed by atoms with E-state index in [1.807, 2.05) is 13.8 Å². The molecule has 0 amide bonds. The number of hydrogen-bond acceptors (Lipinski definition) is 5. The third kappa shape index (κ3) is 5.89. The van der Waals surface area contributed by atoms with Crippen molar-refractivity contribution >= 4 is 17.2 Å². The number of nitrogen functional groups attached to an aromatic ring is 2. The number of benzene rings is 4. The van der Waals surface area contributed by atoms with Crippen molar-refractivity contribution < 1.29 is 14.3 Å². The highest BCUT2D eigenvalue weighted by atomic mass is 16.5. The molecule has 0 atom stereocenters. The third-order valence-electron chi connectivity index (χ3n) is 4.46. The van der Waals surface area contributed by atoms with E-state index in [0.29, 0.717) is 45.5 Å². The van der Waals surface area contributed by atoms with Gasteiger partial charge >= 0.3 is 0 Å². The zero-order valence-corrected chi connectivity index (χ0v) is 18.1. The summed E-state index contributed by atoms with van der Waals surface area (Å²) in [6, 6.07) is 28.3. The maximum atomic E-state index is 12.8. The van der Waals surface area contributed by atoms with Crippen molar-refractivity contribution in [3.63, 3.8) is 0 Å². The summed E-state index contributed by atoms with van der Waals surface area (Å²) in [5.41, 5.74) is 13.9. The second-order valence-corrected chi connectivity index (χ2v) is 6.72. The molecule has 32 heavy (non-hydrogen) atoms. The van der Waals surface area contributed by atoms with E-state index in [1.165, 1.54) is 0 Å². The van der Waals surface area contributed by atoms with Crippen LogP contribution in [0.3, 0.4) is 0 Å². The quantitative estimate of drug-likeness (QED) is 0.265.